The average Bonchev–Trinajstić information content (AvgIpc) is 3.01. The lowest BCUT2D eigenvalue weighted by Crippen LogP contribution is -2.29. The maximum Gasteiger partial charge on any atom is 0.300 e. The van der Waals surface area contributed by atoms with Crippen molar-refractivity contribution in [2.24, 2.45) is 0 Å². The highest BCUT2D eigenvalue weighted by Gasteiger charge is 2.46. The van der Waals surface area contributed by atoms with E-state index in [9.17, 15) is 14.7 Å². The zero-order valence-electron chi connectivity index (χ0n) is 17.2. The first-order valence-electron chi connectivity index (χ1n) is 9.88. The second-order valence-corrected chi connectivity index (χ2v) is 7.72. The van der Waals surface area contributed by atoms with Crippen molar-refractivity contribution in [2.75, 3.05) is 4.90 Å². The minimum atomic E-state index is -0.699. The van der Waals surface area contributed by atoms with Crippen LogP contribution in [-0.2, 0) is 9.59 Å². The van der Waals surface area contributed by atoms with Gasteiger partial charge in [0.15, 0.2) is 0 Å². The van der Waals surface area contributed by atoms with Crippen molar-refractivity contribution in [2.45, 2.75) is 26.8 Å². The van der Waals surface area contributed by atoms with Crippen molar-refractivity contribution in [1.82, 2.24) is 0 Å². The van der Waals surface area contributed by atoms with E-state index in [0.29, 0.717) is 11.3 Å². The first-order valence-corrected chi connectivity index (χ1v) is 9.88. The van der Waals surface area contributed by atoms with Gasteiger partial charge >= 0.3 is 0 Å². The molecule has 1 saturated heterocycles. The summed E-state index contributed by atoms with van der Waals surface area (Å²) in [5.74, 6) is -1.47. The first kappa shape index (κ1) is 19.6. The number of amides is 1. The van der Waals surface area contributed by atoms with E-state index < -0.39 is 17.7 Å². The van der Waals surface area contributed by atoms with Gasteiger partial charge in [-0.2, -0.15) is 0 Å². The number of aliphatic hydroxyl groups is 1. The molecule has 3 aromatic carbocycles. The highest BCUT2D eigenvalue weighted by Crippen LogP contribution is 2.42. The fourth-order valence-corrected chi connectivity index (χ4v) is 3.87. The molecule has 0 aromatic heterocycles. The third kappa shape index (κ3) is 3.30. The number of hydrogen-bond donors (Lipinski definition) is 1. The highest BCUT2D eigenvalue weighted by atomic mass is 16.3. The van der Waals surface area contributed by atoms with E-state index in [0.717, 1.165) is 22.3 Å². The summed E-state index contributed by atoms with van der Waals surface area (Å²) < 4.78 is 0. The van der Waals surface area contributed by atoms with Crippen LogP contribution in [0.1, 0.15) is 33.9 Å². The Hall–Kier alpha value is -3.66. The van der Waals surface area contributed by atoms with Crippen LogP contribution in [0.3, 0.4) is 0 Å². The zero-order chi connectivity index (χ0) is 21.4. The fraction of sp³-hybridized carbons (Fsp3) is 0.154. The highest BCUT2D eigenvalue weighted by molar-refractivity contribution is 6.51. The minimum Gasteiger partial charge on any atom is -0.507 e. The van der Waals surface area contributed by atoms with Crippen LogP contribution in [0.15, 0.2) is 78.4 Å². The van der Waals surface area contributed by atoms with Gasteiger partial charge in [-0.15, -0.1) is 0 Å². The number of hydrogen-bond acceptors (Lipinski definition) is 3. The normalized spacial score (nSPS) is 18.1. The lowest BCUT2D eigenvalue weighted by atomic mass is 9.94. The van der Waals surface area contributed by atoms with Gasteiger partial charge in [0.05, 0.1) is 11.6 Å². The van der Waals surface area contributed by atoms with Gasteiger partial charge in [-0.05, 0) is 61.2 Å². The molecule has 3 aromatic rings. The van der Waals surface area contributed by atoms with E-state index in [1.54, 1.807) is 6.07 Å². The number of ketones is 1. The largest absolute Gasteiger partial charge is 0.507 e. The lowest BCUT2D eigenvalue weighted by molar-refractivity contribution is -0.132. The molecule has 1 N–H and O–H groups in total. The van der Waals surface area contributed by atoms with Gasteiger partial charge in [0.2, 0.25) is 0 Å². The number of aryl methyl sites for hydroxylation is 3. The van der Waals surface area contributed by atoms with E-state index in [4.69, 9.17) is 0 Å². The Morgan fingerprint density at radius 1 is 0.833 bits per heavy atom. The maximum absolute atomic E-state index is 13.1. The molecule has 1 amide bonds. The Morgan fingerprint density at radius 3 is 2.23 bits per heavy atom. The summed E-state index contributed by atoms with van der Waals surface area (Å²) in [6, 6.07) is 21.6. The number of anilines is 1. The molecular formula is C26H23NO3. The Kier molecular flexibility index (Phi) is 5.00. The molecule has 0 spiro atoms. The van der Waals surface area contributed by atoms with Crippen molar-refractivity contribution < 1.29 is 14.7 Å². The number of Topliss-reactive ketones (excluding diaryl/α,β-unsaturated/α-hetero) is 1. The van der Waals surface area contributed by atoms with Gasteiger partial charge in [-0.1, -0.05) is 54.6 Å². The summed E-state index contributed by atoms with van der Waals surface area (Å²) in [4.78, 5) is 27.7. The van der Waals surface area contributed by atoms with Gasteiger partial charge in [0.1, 0.15) is 5.76 Å². The maximum atomic E-state index is 13.1. The Bertz CT molecular complexity index is 1180. The van der Waals surface area contributed by atoms with Crippen LogP contribution >= 0.6 is 0 Å². The van der Waals surface area contributed by atoms with Crippen LogP contribution in [0.25, 0.3) is 5.76 Å². The summed E-state index contributed by atoms with van der Waals surface area (Å²) in [6.07, 6.45) is 0. The molecule has 1 heterocycles. The Morgan fingerprint density at radius 2 is 1.57 bits per heavy atom. The summed E-state index contributed by atoms with van der Waals surface area (Å²) in [7, 11) is 0. The van der Waals surface area contributed by atoms with Crippen LogP contribution in [0, 0.1) is 20.8 Å². The molecule has 0 saturated carbocycles. The number of benzene rings is 3. The molecule has 30 heavy (non-hydrogen) atoms. The van der Waals surface area contributed by atoms with Crippen molar-refractivity contribution in [3.8, 4) is 0 Å². The van der Waals surface area contributed by atoms with Gasteiger partial charge in [0, 0.05) is 11.3 Å². The molecule has 1 unspecified atom stereocenters. The SMILES string of the molecule is Cc1cccc(N2C(=O)C(=O)/C(=C(\O)c3ccc(C)c(C)c3)C2c2ccccc2)c1. The molecule has 1 aliphatic heterocycles. The van der Waals surface area contributed by atoms with Crippen LogP contribution in [0.5, 0.6) is 0 Å². The van der Waals surface area contributed by atoms with Crippen LogP contribution in [0.4, 0.5) is 5.69 Å². The van der Waals surface area contributed by atoms with Crippen molar-refractivity contribution in [3.63, 3.8) is 0 Å². The summed E-state index contributed by atoms with van der Waals surface area (Å²) in [5.41, 5.74) is 5.11. The zero-order valence-corrected chi connectivity index (χ0v) is 17.2. The lowest BCUT2D eigenvalue weighted by Gasteiger charge is -2.25. The van der Waals surface area contributed by atoms with E-state index >= 15 is 0 Å². The van der Waals surface area contributed by atoms with Crippen LogP contribution in [0.2, 0.25) is 0 Å². The quantitative estimate of drug-likeness (QED) is 0.374. The van der Waals surface area contributed by atoms with Crippen LogP contribution in [-0.4, -0.2) is 16.8 Å². The predicted octanol–water partition coefficient (Wildman–Crippen LogP) is 5.24. The Balaban J connectivity index is 1.95. The molecule has 150 valence electrons. The second-order valence-electron chi connectivity index (χ2n) is 7.72. The third-order valence-corrected chi connectivity index (χ3v) is 5.62. The predicted molar refractivity (Wildman–Crippen MR) is 118 cm³/mol. The summed E-state index contributed by atoms with van der Waals surface area (Å²) in [6.45, 7) is 5.87. The third-order valence-electron chi connectivity index (χ3n) is 5.62. The smallest absolute Gasteiger partial charge is 0.300 e. The molecule has 4 rings (SSSR count). The molecule has 1 atom stereocenters. The van der Waals surface area contributed by atoms with E-state index in [-0.39, 0.29) is 11.3 Å². The number of nitrogens with zero attached hydrogens (tertiary/aromatic N) is 1. The molecule has 1 aliphatic rings. The van der Waals surface area contributed by atoms with E-state index in [1.165, 1.54) is 4.90 Å². The van der Waals surface area contributed by atoms with E-state index in [2.05, 4.69) is 0 Å². The molecule has 1 fully saturated rings. The minimum absolute atomic E-state index is 0.107. The van der Waals surface area contributed by atoms with Gasteiger partial charge in [0.25, 0.3) is 11.7 Å². The molecule has 0 bridgehead atoms. The van der Waals surface area contributed by atoms with E-state index in [1.807, 2.05) is 87.5 Å². The fourth-order valence-electron chi connectivity index (χ4n) is 3.87. The molecular weight excluding hydrogens is 374 g/mol. The second kappa shape index (κ2) is 7.64. The van der Waals surface area contributed by atoms with Crippen molar-refractivity contribution in [1.29, 1.82) is 0 Å². The van der Waals surface area contributed by atoms with Crippen molar-refractivity contribution in [3.05, 3.63) is 106 Å². The van der Waals surface area contributed by atoms with Gasteiger partial charge < -0.3 is 5.11 Å². The number of aliphatic hydroxyl groups excluding tert-OH is 1. The van der Waals surface area contributed by atoms with Gasteiger partial charge in [-0.3, -0.25) is 14.5 Å². The molecule has 4 heteroatoms. The standard InChI is InChI=1S/C26H23NO3/c1-16-8-7-11-21(14-16)27-23(19-9-5-4-6-10-19)22(25(29)26(27)30)24(28)20-13-12-17(2)18(3)15-20/h4-15,23,28H,1-3H3/b24-22-. The molecule has 0 aliphatic carbocycles. The molecule has 0 radical (unpaired) electrons. The Labute approximate surface area is 176 Å². The summed E-state index contributed by atoms with van der Waals surface area (Å²) in [5, 5.41) is 11.2. The number of rotatable bonds is 3. The molecule has 4 nitrogen and oxygen atoms in total. The number of carbonyl (C=O) groups excluding carboxylic acids is 2. The monoisotopic (exact) mass is 397 g/mol. The van der Waals surface area contributed by atoms with Crippen molar-refractivity contribution >= 4 is 23.1 Å². The average molecular weight is 397 g/mol. The number of carbonyl (C=O) groups is 2. The van der Waals surface area contributed by atoms with Crippen LogP contribution < -0.4 is 4.90 Å². The summed E-state index contributed by atoms with van der Waals surface area (Å²) >= 11 is 0. The topological polar surface area (TPSA) is 57.6 Å². The first-order chi connectivity index (χ1) is 14.4. The van der Waals surface area contributed by atoms with Gasteiger partial charge in [-0.25, -0.2) is 0 Å².